The van der Waals surface area contributed by atoms with E-state index in [1.807, 2.05) is 0 Å². The molecule has 1 saturated heterocycles. The summed E-state index contributed by atoms with van der Waals surface area (Å²) in [6, 6.07) is 6.41. The van der Waals surface area contributed by atoms with Gasteiger partial charge in [0.2, 0.25) is 5.95 Å². The lowest BCUT2D eigenvalue weighted by atomic mass is 10.0. The summed E-state index contributed by atoms with van der Waals surface area (Å²) in [5.74, 6) is 1.39. The van der Waals surface area contributed by atoms with Crippen molar-refractivity contribution in [3.63, 3.8) is 0 Å². The van der Waals surface area contributed by atoms with Gasteiger partial charge in [0.15, 0.2) is 5.82 Å². The Morgan fingerprint density at radius 2 is 1.83 bits per heavy atom. The highest BCUT2D eigenvalue weighted by atomic mass is 16.5. The smallest absolute Gasteiger partial charge is 0.247 e. The largest absolute Gasteiger partial charge is 0.378 e. The number of morpholine rings is 1. The minimum absolute atomic E-state index is 0.658. The molecule has 0 radical (unpaired) electrons. The molecule has 1 aromatic carbocycles. The van der Waals surface area contributed by atoms with Crippen LogP contribution in [0.1, 0.15) is 25.0 Å². The maximum Gasteiger partial charge on any atom is 0.247 e. The second kappa shape index (κ2) is 7.37. The summed E-state index contributed by atoms with van der Waals surface area (Å²) >= 11 is 0. The van der Waals surface area contributed by atoms with E-state index in [2.05, 4.69) is 57.4 Å². The van der Waals surface area contributed by atoms with Crippen LogP contribution in [-0.2, 0) is 17.6 Å². The van der Waals surface area contributed by atoms with Crippen LogP contribution in [-0.4, -0.2) is 41.5 Å². The number of hydrogen-bond acceptors (Lipinski definition) is 6. The van der Waals surface area contributed by atoms with Crippen LogP contribution in [0.15, 0.2) is 24.4 Å². The van der Waals surface area contributed by atoms with Crippen molar-refractivity contribution < 1.29 is 4.74 Å². The normalized spacial score (nSPS) is 14.8. The second-order valence-electron chi connectivity index (χ2n) is 5.52. The predicted molar refractivity (Wildman–Crippen MR) is 91.3 cm³/mol. The number of anilines is 3. The average molecular weight is 313 g/mol. The number of nitrogens with zero attached hydrogens (tertiary/aromatic N) is 4. The maximum absolute atomic E-state index is 5.37. The molecule has 122 valence electrons. The Morgan fingerprint density at radius 1 is 1.13 bits per heavy atom. The summed E-state index contributed by atoms with van der Waals surface area (Å²) in [6.45, 7) is 7.35. The first-order chi connectivity index (χ1) is 11.3. The molecule has 0 aliphatic carbocycles. The van der Waals surface area contributed by atoms with Gasteiger partial charge in [0.1, 0.15) is 0 Å². The summed E-state index contributed by atoms with van der Waals surface area (Å²) in [4.78, 5) is 6.73. The molecule has 0 saturated carbocycles. The first-order valence-corrected chi connectivity index (χ1v) is 8.22. The van der Waals surface area contributed by atoms with Crippen LogP contribution in [0.2, 0.25) is 0 Å². The minimum atomic E-state index is 0.658. The lowest BCUT2D eigenvalue weighted by Crippen LogP contribution is -2.37. The van der Waals surface area contributed by atoms with E-state index in [1.54, 1.807) is 6.20 Å². The van der Waals surface area contributed by atoms with E-state index in [0.29, 0.717) is 19.2 Å². The molecule has 1 aromatic heterocycles. The van der Waals surface area contributed by atoms with Crippen molar-refractivity contribution in [1.29, 1.82) is 0 Å². The van der Waals surface area contributed by atoms with Gasteiger partial charge in [-0.05, 0) is 24.0 Å². The zero-order valence-corrected chi connectivity index (χ0v) is 13.7. The maximum atomic E-state index is 5.37. The van der Waals surface area contributed by atoms with Crippen molar-refractivity contribution in [3.8, 4) is 0 Å². The molecule has 2 heterocycles. The third-order valence-corrected chi connectivity index (χ3v) is 4.09. The third-order valence-electron chi connectivity index (χ3n) is 4.09. The number of aryl methyl sites for hydroxylation is 2. The lowest BCUT2D eigenvalue weighted by molar-refractivity contribution is 0.122. The van der Waals surface area contributed by atoms with Crippen molar-refractivity contribution in [2.24, 2.45) is 0 Å². The van der Waals surface area contributed by atoms with Gasteiger partial charge in [-0.2, -0.15) is 10.1 Å². The Bertz CT molecular complexity index is 633. The van der Waals surface area contributed by atoms with E-state index in [1.165, 1.54) is 11.1 Å². The Kier molecular flexibility index (Phi) is 5.02. The highest BCUT2D eigenvalue weighted by Gasteiger charge is 2.15. The summed E-state index contributed by atoms with van der Waals surface area (Å²) in [7, 11) is 0. The zero-order valence-electron chi connectivity index (χ0n) is 13.7. The van der Waals surface area contributed by atoms with Gasteiger partial charge < -0.3 is 15.0 Å². The molecule has 0 atom stereocenters. The van der Waals surface area contributed by atoms with Gasteiger partial charge in [0, 0.05) is 18.8 Å². The number of aromatic nitrogens is 3. The van der Waals surface area contributed by atoms with E-state index < -0.39 is 0 Å². The van der Waals surface area contributed by atoms with Crippen molar-refractivity contribution in [3.05, 3.63) is 35.5 Å². The molecule has 2 aromatic rings. The predicted octanol–water partition coefficient (Wildman–Crippen LogP) is 2.58. The number of para-hydroxylation sites is 1. The van der Waals surface area contributed by atoms with E-state index in [0.717, 1.165) is 37.4 Å². The van der Waals surface area contributed by atoms with Gasteiger partial charge in [-0.1, -0.05) is 32.0 Å². The molecule has 1 N–H and O–H groups in total. The van der Waals surface area contributed by atoms with Gasteiger partial charge in [-0.15, -0.1) is 5.10 Å². The molecule has 1 aliphatic heterocycles. The third kappa shape index (κ3) is 3.59. The van der Waals surface area contributed by atoms with Crippen LogP contribution in [0.4, 0.5) is 17.5 Å². The van der Waals surface area contributed by atoms with E-state index in [4.69, 9.17) is 4.74 Å². The van der Waals surface area contributed by atoms with E-state index >= 15 is 0 Å². The van der Waals surface area contributed by atoms with Gasteiger partial charge in [0.05, 0.1) is 19.4 Å². The molecule has 0 spiro atoms. The highest BCUT2D eigenvalue weighted by Crippen LogP contribution is 2.26. The lowest BCUT2D eigenvalue weighted by Gasteiger charge is -2.26. The quantitative estimate of drug-likeness (QED) is 0.915. The van der Waals surface area contributed by atoms with Crippen molar-refractivity contribution >= 4 is 17.5 Å². The standard InChI is InChI=1S/C17H23N5O/c1-3-13-6-5-7-14(4-2)16(13)19-15-12-18-21-17(20-15)22-8-10-23-11-9-22/h5-7,12H,3-4,8-11H2,1-2H3,(H,19,20,21). The molecule has 0 amide bonds. The molecule has 3 rings (SSSR count). The Morgan fingerprint density at radius 3 is 2.48 bits per heavy atom. The van der Waals surface area contributed by atoms with Gasteiger partial charge in [-0.25, -0.2) is 0 Å². The average Bonchev–Trinajstić information content (AvgIpc) is 2.63. The Hall–Kier alpha value is -2.21. The van der Waals surface area contributed by atoms with Crippen LogP contribution in [0, 0.1) is 0 Å². The van der Waals surface area contributed by atoms with Gasteiger partial charge in [0.25, 0.3) is 0 Å². The van der Waals surface area contributed by atoms with Crippen LogP contribution in [0.5, 0.6) is 0 Å². The van der Waals surface area contributed by atoms with Crippen LogP contribution >= 0.6 is 0 Å². The monoisotopic (exact) mass is 313 g/mol. The number of hydrogen-bond donors (Lipinski definition) is 1. The molecule has 0 unspecified atom stereocenters. The molecule has 6 nitrogen and oxygen atoms in total. The first-order valence-electron chi connectivity index (χ1n) is 8.22. The fraction of sp³-hybridized carbons (Fsp3) is 0.471. The van der Waals surface area contributed by atoms with E-state index in [-0.39, 0.29) is 0 Å². The second-order valence-corrected chi connectivity index (χ2v) is 5.52. The molecular formula is C17H23N5O. The SMILES string of the molecule is CCc1cccc(CC)c1Nc1cnnc(N2CCOCC2)n1. The first kappa shape index (κ1) is 15.7. The van der Waals surface area contributed by atoms with Crippen LogP contribution in [0.25, 0.3) is 0 Å². The van der Waals surface area contributed by atoms with Crippen LogP contribution < -0.4 is 10.2 Å². The fourth-order valence-electron chi connectivity index (χ4n) is 2.78. The summed E-state index contributed by atoms with van der Waals surface area (Å²) in [6.07, 6.45) is 3.63. The van der Waals surface area contributed by atoms with Gasteiger partial charge in [-0.3, -0.25) is 0 Å². The fourth-order valence-corrected chi connectivity index (χ4v) is 2.78. The number of rotatable bonds is 5. The number of ether oxygens (including phenoxy) is 1. The highest BCUT2D eigenvalue weighted by molar-refractivity contribution is 5.65. The minimum Gasteiger partial charge on any atom is -0.378 e. The van der Waals surface area contributed by atoms with Crippen molar-refractivity contribution in [1.82, 2.24) is 15.2 Å². The summed E-state index contributed by atoms with van der Waals surface area (Å²) in [5, 5.41) is 11.7. The summed E-state index contributed by atoms with van der Waals surface area (Å²) in [5.41, 5.74) is 3.72. The van der Waals surface area contributed by atoms with Crippen molar-refractivity contribution in [2.75, 3.05) is 36.5 Å². The topological polar surface area (TPSA) is 63.2 Å². The zero-order chi connectivity index (χ0) is 16.1. The molecule has 1 aliphatic rings. The Labute approximate surface area is 136 Å². The molecule has 1 fully saturated rings. The Balaban J connectivity index is 1.86. The molecule has 23 heavy (non-hydrogen) atoms. The van der Waals surface area contributed by atoms with Crippen LogP contribution in [0.3, 0.4) is 0 Å². The van der Waals surface area contributed by atoms with E-state index in [9.17, 15) is 0 Å². The van der Waals surface area contributed by atoms with Crippen molar-refractivity contribution in [2.45, 2.75) is 26.7 Å². The number of benzene rings is 1. The molecule has 6 heteroatoms. The van der Waals surface area contributed by atoms with Gasteiger partial charge >= 0.3 is 0 Å². The molecule has 0 bridgehead atoms. The summed E-state index contributed by atoms with van der Waals surface area (Å²) < 4.78 is 5.37. The molecular weight excluding hydrogens is 290 g/mol. The number of nitrogens with one attached hydrogen (secondary N) is 1.